The van der Waals surface area contributed by atoms with Crippen LogP contribution in [0.25, 0.3) is 10.9 Å². The molecule has 0 aliphatic carbocycles. The highest BCUT2D eigenvalue weighted by Gasteiger charge is 2.33. The lowest BCUT2D eigenvalue weighted by molar-refractivity contribution is -0.136. The van der Waals surface area contributed by atoms with Crippen LogP contribution in [0.3, 0.4) is 0 Å². The number of aromatic nitrogens is 4. The molecule has 0 radical (unpaired) electrons. The molecule has 4 heterocycles. The molecule has 2 aromatic heterocycles. The number of aryl methyl sites for hydroxylation is 1. The van der Waals surface area contributed by atoms with Crippen molar-refractivity contribution in [2.24, 2.45) is 11.8 Å². The number of amides is 3. The summed E-state index contributed by atoms with van der Waals surface area (Å²) >= 11 is 0. The van der Waals surface area contributed by atoms with Gasteiger partial charge in [-0.2, -0.15) is 5.10 Å². The molecule has 3 N–H and O–H groups in total. The van der Waals surface area contributed by atoms with E-state index in [-0.39, 0.29) is 47.5 Å². The van der Waals surface area contributed by atoms with Crippen LogP contribution >= 0.6 is 0 Å². The van der Waals surface area contributed by atoms with Crippen molar-refractivity contribution in [2.75, 3.05) is 24.6 Å². The largest absolute Gasteiger partial charge is 0.361 e. The number of aromatic amines is 1. The van der Waals surface area contributed by atoms with Gasteiger partial charge in [0.1, 0.15) is 27.5 Å². The summed E-state index contributed by atoms with van der Waals surface area (Å²) in [6, 6.07) is 6.57. The minimum absolute atomic E-state index is 0.0144. The van der Waals surface area contributed by atoms with Gasteiger partial charge in [-0.15, -0.1) is 0 Å². The van der Waals surface area contributed by atoms with Crippen LogP contribution in [0.1, 0.15) is 69.2 Å². The number of carbonyl (C=O) groups excluding carboxylic acids is 3. The van der Waals surface area contributed by atoms with Crippen molar-refractivity contribution in [3.63, 3.8) is 0 Å². The van der Waals surface area contributed by atoms with Crippen molar-refractivity contribution in [1.29, 1.82) is 0 Å². The maximum absolute atomic E-state index is 13.9. The van der Waals surface area contributed by atoms with Crippen molar-refractivity contribution in [1.82, 2.24) is 35.3 Å². The molecule has 2 aliphatic rings. The molecule has 3 amide bonds. The van der Waals surface area contributed by atoms with Gasteiger partial charge in [0.05, 0.1) is 24.1 Å². The van der Waals surface area contributed by atoms with E-state index in [0.29, 0.717) is 63.4 Å². The first-order chi connectivity index (χ1) is 21.0. The van der Waals surface area contributed by atoms with Crippen molar-refractivity contribution < 1.29 is 22.8 Å². The zero-order chi connectivity index (χ0) is 31.4. The number of H-pyrrole nitrogens is 1. The summed E-state index contributed by atoms with van der Waals surface area (Å²) in [6.07, 6.45) is 3.95. The number of hydrogen-bond donors (Lipinski definition) is 3. The molecule has 13 heteroatoms. The molecule has 12 nitrogen and oxygen atoms in total. The van der Waals surface area contributed by atoms with E-state index in [1.165, 1.54) is 0 Å². The van der Waals surface area contributed by atoms with Crippen LogP contribution in [-0.4, -0.2) is 81.4 Å². The minimum atomic E-state index is -3.10. The van der Waals surface area contributed by atoms with Crippen LogP contribution in [0, 0.1) is 18.8 Å². The number of fused-ring (bicyclic) bond motifs is 2. The van der Waals surface area contributed by atoms with Crippen LogP contribution < -0.4 is 10.6 Å². The molecule has 0 unspecified atom stereocenters. The Balaban J connectivity index is 1.43. The molecule has 5 rings (SSSR count). The molecular formula is C31H43N7O5S. The van der Waals surface area contributed by atoms with Crippen molar-refractivity contribution in [3.8, 4) is 0 Å². The second-order valence-corrected chi connectivity index (χ2v) is 14.8. The number of hydrogen-bond acceptors (Lipinski definition) is 7. The van der Waals surface area contributed by atoms with Gasteiger partial charge >= 0.3 is 0 Å². The van der Waals surface area contributed by atoms with Gasteiger partial charge in [0.2, 0.25) is 17.7 Å². The fraction of sp³-hybridized carbons (Fsp3) is 0.581. The number of sulfone groups is 1. The standard InChI is InChI=1S/C31H43N7O5S/c1-20(2)17-26-29-33-21(3)36-38(29)14-13-37(31(41)22-10-15-44(42,43)16-11-22)12-6-9-28(39)34-27(30(40)35-26)18-23-19-32-25-8-5-4-7-24(23)25/h4-5,7-8,19-20,22,26-27,32H,6,9-18H2,1-3H3,(H,34,39)(H,35,40)/t26-,27+/m0/s1. The quantitative estimate of drug-likeness (QED) is 0.393. The number of nitrogens with one attached hydrogen (secondary N) is 3. The minimum Gasteiger partial charge on any atom is -0.361 e. The number of carbonyl (C=O) groups is 3. The molecular weight excluding hydrogens is 582 g/mol. The van der Waals surface area contributed by atoms with Crippen LogP contribution in [0.4, 0.5) is 0 Å². The Morgan fingerprint density at radius 2 is 1.80 bits per heavy atom. The molecule has 1 fully saturated rings. The zero-order valence-electron chi connectivity index (χ0n) is 25.7. The summed E-state index contributed by atoms with van der Waals surface area (Å²) in [6.45, 7) is 6.98. The Bertz CT molecular complexity index is 1600. The first kappa shape index (κ1) is 31.7. The van der Waals surface area contributed by atoms with Gasteiger partial charge in [0.15, 0.2) is 0 Å². The van der Waals surface area contributed by atoms with E-state index in [9.17, 15) is 22.8 Å². The van der Waals surface area contributed by atoms with Crippen molar-refractivity contribution >= 4 is 38.5 Å². The Morgan fingerprint density at radius 3 is 2.55 bits per heavy atom. The van der Waals surface area contributed by atoms with Crippen molar-refractivity contribution in [2.45, 2.75) is 77.9 Å². The van der Waals surface area contributed by atoms with E-state index < -0.39 is 21.9 Å². The monoisotopic (exact) mass is 625 g/mol. The third-order valence-corrected chi connectivity index (χ3v) is 10.2. The summed E-state index contributed by atoms with van der Waals surface area (Å²) < 4.78 is 25.7. The number of benzene rings is 1. The van der Waals surface area contributed by atoms with E-state index in [2.05, 4.69) is 34.6 Å². The van der Waals surface area contributed by atoms with E-state index in [4.69, 9.17) is 4.98 Å². The third kappa shape index (κ3) is 7.66. The maximum Gasteiger partial charge on any atom is 0.243 e. The van der Waals surface area contributed by atoms with E-state index in [1.54, 1.807) is 16.5 Å². The van der Waals surface area contributed by atoms with Crippen molar-refractivity contribution in [3.05, 3.63) is 47.7 Å². The lowest BCUT2D eigenvalue weighted by Crippen LogP contribution is -2.49. The smallest absolute Gasteiger partial charge is 0.243 e. The van der Waals surface area contributed by atoms with E-state index in [1.807, 2.05) is 30.5 Å². The van der Waals surface area contributed by atoms with Crippen LogP contribution in [0.15, 0.2) is 30.5 Å². The lowest BCUT2D eigenvalue weighted by atomic mass is 10.00. The first-order valence-corrected chi connectivity index (χ1v) is 17.4. The average molecular weight is 626 g/mol. The van der Waals surface area contributed by atoms with Crippen LogP contribution in [-0.2, 0) is 37.2 Å². The predicted octanol–water partition coefficient (Wildman–Crippen LogP) is 2.45. The SMILES string of the molecule is Cc1nc2n(n1)CCN(C(=O)C1CCS(=O)(=O)CC1)CCCC(=O)N[C@H](Cc1c[nH]c3ccccc13)C(=O)N[C@H]2CC(C)C. The summed E-state index contributed by atoms with van der Waals surface area (Å²) in [5.74, 6) is 0.418. The Labute approximate surface area is 258 Å². The fourth-order valence-corrected chi connectivity index (χ4v) is 7.73. The molecule has 2 aliphatic heterocycles. The lowest BCUT2D eigenvalue weighted by Gasteiger charge is -2.30. The van der Waals surface area contributed by atoms with Gasteiger partial charge in [-0.3, -0.25) is 14.4 Å². The molecule has 0 bridgehead atoms. The zero-order valence-corrected chi connectivity index (χ0v) is 26.5. The fourth-order valence-electron chi connectivity index (χ4n) is 6.24. The molecule has 44 heavy (non-hydrogen) atoms. The molecule has 1 aromatic carbocycles. The topological polar surface area (TPSA) is 159 Å². The second kappa shape index (κ2) is 13.5. The van der Waals surface area contributed by atoms with E-state index in [0.717, 1.165) is 16.5 Å². The van der Waals surface area contributed by atoms with E-state index >= 15 is 0 Å². The molecule has 3 aromatic rings. The molecule has 0 spiro atoms. The number of nitrogens with zero attached hydrogens (tertiary/aromatic N) is 4. The normalized spacial score (nSPS) is 22.3. The Morgan fingerprint density at radius 1 is 1.05 bits per heavy atom. The van der Waals surface area contributed by atoms with Gasteiger partial charge in [-0.25, -0.2) is 18.1 Å². The Kier molecular flexibility index (Phi) is 9.72. The average Bonchev–Trinajstić information content (AvgIpc) is 3.56. The summed E-state index contributed by atoms with van der Waals surface area (Å²) in [5, 5.41) is 11.7. The van der Waals surface area contributed by atoms with Gasteiger partial charge in [0.25, 0.3) is 0 Å². The second-order valence-electron chi connectivity index (χ2n) is 12.5. The highest BCUT2D eigenvalue weighted by Crippen LogP contribution is 2.24. The summed E-state index contributed by atoms with van der Waals surface area (Å²) in [7, 11) is -3.10. The molecule has 238 valence electrons. The van der Waals surface area contributed by atoms with Crippen LogP contribution in [0.5, 0.6) is 0 Å². The van der Waals surface area contributed by atoms with Gasteiger partial charge < -0.3 is 20.5 Å². The molecule has 1 saturated heterocycles. The molecule has 0 saturated carbocycles. The predicted molar refractivity (Wildman–Crippen MR) is 166 cm³/mol. The summed E-state index contributed by atoms with van der Waals surface area (Å²) in [5.41, 5.74) is 1.88. The number of para-hydroxylation sites is 1. The van der Waals surface area contributed by atoms with Gasteiger partial charge in [-0.1, -0.05) is 32.0 Å². The highest BCUT2D eigenvalue weighted by molar-refractivity contribution is 7.91. The van der Waals surface area contributed by atoms with Gasteiger partial charge in [-0.05, 0) is 50.2 Å². The Hall–Kier alpha value is -3.74. The maximum atomic E-state index is 13.9. The summed E-state index contributed by atoms with van der Waals surface area (Å²) in [4.78, 5) is 50.4. The van der Waals surface area contributed by atoms with Crippen LogP contribution in [0.2, 0.25) is 0 Å². The first-order valence-electron chi connectivity index (χ1n) is 15.5. The van der Waals surface area contributed by atoms with Gasteiger partial charge in [0, 0.05) is 48.9 Å². The molecule has 2 atom stereocenters. The third-order valence-electron chi connectivity index (χ3n) is 8.52. The number of rotatable bonds is 5. The highest BCUT2D eigenvalue weighted by atomic mass is 32.2.